The van der Waals surface area contributed by atoms with Crippen LogP contribution in [0.15, 0.2) is 60.7 Å². The number of ether oxygens (including phenoxy) is 3. The molecular formula is C54H84N8O12. The molecular weight excluding hydrogens is 953 g/mol. The van der Waals surface area contributed by atoms with Crippen LogP contribution in [-0.2, 0) is 51.0 Å². The maximum atomic E-state index is 14.5. The first kappa shape index (κ1) is 61.9. The van der Waals surface area contributed by atoms with Gasteiger partial charge in [0.2, 0.25) is 23.6 Å². The van der Waals surface area contributed by atoms with Gasteiger partial charge in [0.15, 0.2) is 0 Å². The number of benzene rings is 2. The number of carbonyl (C=O) groups is 8. The Hall–Kier alpha value is -6.44. The number of carboxylic acid groups (broad SMARTS) is 1. The second kappa shape index (κ2) is 28.9. The smallest absolute Gasteiger partial charge is 0.408 e. The molecule has 0 radical (unpaired) electrons. The predicted molar refractivity (Wildman–Crippen MR) is 280 cm³/mol. The molecule has 4 atom stereocenters. The monoisotopic (exact) mass is 1040 g/mol. The van der Waals surface area contributed by atoms with Gasteiger partial charge in [-0.05, 0) is 131 Å². The minimum Gasteiger partial charge on any atom is -0.480 e. The molecule has 1 heterocycles. The zero-order valence-electron chi connectivity index (χ0n) is 45.4. The van der Waals surface area contributed by atoms with Gasteiger partial charge in [0, 0.05) is 39.0 Å². The molecule has 20 heteroatoms. The maximum Gasteiger partial charge on any atom is 0.408 e. The van der Waals surface area contributed by atoms with Crippen LogP contribution in [0.25, 0.3) is 0 Å². The Kier molecular flexibility index (Phi) is 24.1. The van der Waals surface area contributed by atoms with Crippen LogP contribution >= 0.6 is 0 Å². The molecule has 0 unspecified atom stereocenters. The van der Waals surface area contributed by atoms with Crippen molar-refractivity contribution >= 4 is 47.9 Å². The molecule has 0 aliphatic carbocycles. The van der Waals surface area contributed by atoms with Gasteiger partial charge in [0.05, 0.1) is 0 Å². The number of unbranched alkanes of at least 4 members (excludes halogenated alkanes) is 1. The highest BCUT2D eigenvalue weighted by Gasteiger charge is 2.43. The van der Waals surface area contributed by atoms with Crippen molar-refractivity contribution in [2.24, 2.45) is 5.92 Å². The van der Waals surface area contributed by atoms with Gasteiger partial charge in [-0.25, -0.2) is 14.4 Å². The average Bonchev–Trinajstić information content (AvgIpc) is 3.28. The second-order valence-corrected chi connectivity index (χ2v) is 22.2. The Labute approximate surface area is 437 Å². The summed E-state index contributed by atoms with van der Waals surface area (Å²) in [4.78, 5) is 109. The molecule has 2 aromatic carbocycles. The number of aliphatic carboxylic acids is 1. The number of rotatable bonds is 25. The van der Waals surface area contributed by atoms with Gasteiger partial charge in [-0.3, -0.25) is 24.0 Å². The number of alkyl carbamates (subject to hydrolysis) is 3. The Morgan fingerprint density at radius 3 is 1.43 bits per heavy atom. The van der Waals surface area contributed by atoms with E-state index in [0.717, 1.165) is 5.56 Å². The van der Waals surface area contributed by atoms with E-state index in [2.05, 4.69) is 37.2 Å². The fraction of sp³-hybridized carbons (Fsp3) is 0.630. The van der Waals surface area contributed by atoms with Gasteiger partial charge in [-0.1, -0.05) is 74.5 Å². The fourth-order valence-corrected chi connectivity index (χ4v) is 8.04. The Morgan fingerprint density at radius 1 is 0.554 bits per heavy atom. The van der Waals surface area contributed by atoms with Crippen LogP contribution in [0.4, 0.5) is 14.4 Å². The van der Waals surface area contributed by atoms with E-state index in [1.807, 2.05) is 38.1 Å². The standard InChI is InChI=1S/C54H84N8O12/c1-36(2)33-40(59-44(64)41(34-37-21-14-12-15-22-37)60-45(65)42(35-38-23-16-13-17-24-38)61-50(71)74-53(9,10)11)43(63)58-39(25-18-19-28-55-48(69)72-51(3,4)5)46(66)62-31-26-54(27-32-62,47(67)68)57-30-20-29-56-49(70)73-52(6,7)8/h12-17,21-24,36,39-42,57H,18-20,25-35H2,1-11H3,(H,55,69)(H,56,70)(H,58,63)(H,59,64)(H,60,65)(H,61,71)(H,67,68)/t39-,40-,41-,42-/m1/s1. The molecule has 2 aromatic rings. The third-order valence-electron chi connectivity index (χ3n) is 11.6. The van der Waals surface area contributed by atoms with E-state index >= 15 is 0 Å². The molecule has 1 saturated heterocycles. The van der Waals surface area contributed by atoms with Crippen LogP contribution in [0.5, 0.6) is 0 Å². The maximum absolute atomic E-state index is 14.5. The minimum absolute atomic E-state index is 0.0298. The lowest BCUT2D eigenvalue weighted by molar-refractivity contribution is -0.150. The number of hydrogen-bond donors (Lipinski definition) is 8. The van der Waals surface area contributed by atoms with Crippen molar-refractivity contribution < 1.29 is 57.7 Å². The minimum atomic E-state index is -1.35. The van der Waals surface area contributed by atoms with Gasteiger partial charge in [-0.2, -0.15) is 0 Å². The first-order valence-corrected chi connectivity index (χ1v) is 25.7. The molecule has 0 spiro atoms. The van der Waals surface area contributed by atoms with Crippen molar-refractivity contribution in [1.29, 1.82) is 0 Å². The predicted octanol–water partition coefficient (Wildman–Crippen LogP) is 5.51. The van der Waals surface area contributed by atoms with Crippen LogP contribution in [-0.4, -0.2) is 137 Å². The van der Waals surface area contributed by atoms with Crippen molar-refractivity contribution in [2.45, 2.75) is 180 Å². The first-order valence-electron chi connectivity index (χ1n) is 25.7. The zero-order valence-corrected chi connectivity index (χ0v) is 45.4. The summed E-state index contributed by atoms with van der Waals surface area (Å²) in [6, 6.07) is 13.4. The van der Waals surface area contributed by atoms with Crippen LogP contribution in [0.1, 0.15) is 132 Å². The van der Waals surface area contributed by atoms with Crippen LogP contribution in [0, 0.1) is 5.92 Å². The second-order valence-electron chi connectivity index (χ2n) is 22.2. The van der Waals surface area contributed by atoms with Crippen LogP contribution < -0.4 is 37.2 Å². The van der Waals surface area contributed by atoms with E-state index in [0.29, 0.717) is 24.8 Å². The lowest BCUT2D eigenvalue weighted by Crippen LogP contribution is -2.62. The highest BCUT2D eigenvalue weighted by atomic mass is 16.6. The Bertz CT molecular complexity index is 2150. The van der Waals surface area contributed by atoms with Crippen molar-refractivity contribution in [3.8, 4) is 0 Å². The van der Waals surface area contributed by atoms with Crippen LogP contribution in [0.2, 0.25) is 0 Å². The van der Waals surface area contributed by atoms with Gasteiger partial charge in [0.25, 0.3) is 0 Å². The van der Waals surface area contributed by atoms with Gasteiger partial charge < -0.3 is 61.4 Å². The third-order valence-corrected chi connectivity index (χ3v) is 11.6. The van der Waals surface area contributed by atoms with Crippen molar-refractivity contribution in [1.82, 2.24) is 42.1 Å². The molecule has 1 aliphatic heterocycles. The van der Waals surface area contributed by atoms with Gasteiger partial charge in [-0.15, -0.1) is 0 Å². The number of piperidine rings is 1. The van der Waals surface area contributed by atoms with E-state index in [-0.39, 0.29) is 77.2 Å². The Balaban J connectivity index is 1.85. The van der Waals surface area contributed by atoms with E-state index < -0.39 is 94.4 Å². The summed E-state index contributed by atoms with van der Waals surface area (Å²) in [6.45, 7) is 20.2. The van der Waals surface area contributed by atoms with E-state index in [1.165, 1.54) is 4.90 Å². The number of nitrogens with one attached hydrogen (secondary N) is 7. The lowest BCUT2D eigenvalue weighted by atomic mass is 9.87. The number of nitrogens with zero attached hydrogens (tertiary/aromatic N) is 1. The fourth-order valence-electron chi connectivity index (χ4n) is 8.04. The molecule has 8 N–H and O–H groups in total. The number of carboxylic acids is 1. The summed E-state index contributed by atoms with van der Waals surface area (Å²) in [7, 11) is 0. The molecule has 0 aromatic heterocycles. The van der Waals surface area contributed by atoms with Crippen LogP contribution in [0.3, 0.4) is 0 Å². The number of likely N-dealkylation sites (tertiary alicyclic amines) is 1. The summed E-state index contributed by atoms with van der Waals surface area (Å²) in [5, 5.41) is 30.2. The number of amides is 7. The quantitative estimate of drug-likeness (QED) is 0.0451. The first-order chi connectivity index (χ1) is 34.5. The number of carbonyl (C=O) groups excluding carboxylic acids is 7. The topological polar surface area (TPSA) is 272 Å². The van der Waals surface area contributed by atoms with E-state index in [1.54, 1.807) is 98.7 Å². The lowest BCUT2D eigenvalue weighted by Gasteiger charge is -2.40. The highest BCUT2D eigenvalue weighted by Crippen LogP contribution is 2.24. The molecule has 412 valence electrons. The summed E-state index contributed by atoms with van der Waals surface area (Å²) >= 11 is 0. The molecule has 3 rings (SSSR count). The summed E-state index contributed by atoms with van der Waals surface area (Å²) in [6.07, 6.45) is -0.230. The molecule has 74 heavy (non-hydrogen) atoms. The number of hydrogen-bond acceptors (Lipinski definition) is 12. The van der Waals surface area contributed by atoms with Crippen molar-refractivity contribution in [3.63, 3.8) is 0 Å². The molecule has 1 aliphatic rings. The molecule has 0 saturated carbocycles. The summed E-state index contributed by atoms with van der Waals surface area (Å²) in [5.74, 6) is -3.62. The highest BCUT2D eigenvalue weighted by molar-refractivity contribution is 5.95. The molecule has 20 nitrogen and oxygen atoms in total. The Morgan fingerprint density at radius 2 is 0.973 bits per heavy atom. The van der Waals surface area contributed by atoms with Gasteiger partial charge >= 0.3 is 24.2 Å². The van der Waals surface area contributed by atoms with Crippen molar-refractivity contribution in [3.05, 3.63) is 71.8 Å². The average molecular weight is 1040 g/mol. The van der Waals surface area contributed by atoms with E-state index in [4.69, 9.17) is 14.2 Å². The zero-order chi connectivity index (χ0) is 55.3. The van der Waals surface area contributed by atoms with E-state index in [9.17, 15) is 43.5 Å². The molecule has 7 amide bonds. The van der Waals surface area contributed by atoms with Gasteiger partial charge in [0.1, 0.15) is 46.5 Å². The normalized spacial score (nSPS) is 15.3. The molecule has 1 fully saturated rings. The summed E-state index contributed by atoms with van der Waals surface area (Å²) in [5.41, 5.74) is -2.12. The third kappa shape index (κ3) is 23.6. The SMILES string of the molecule is CC(C)C[C@@H](NC(=O)[C@@H](Cc1ccccc1)NC(=O)[C@@H](Cc1ccccc1)NC(=O)OC(C)(C)C)C(=O)N[C@H](CCCCNC(=O)OC(C)(C)C)C(=O)N1CCC(NCCCNC(=O)OC(C)(C)C)(C(=O)O)CC1. The molecule has 0 bridgehead atoms. The largest absolute Gasteiger partial charge is 0.480 e. The summed E-state index contributed by atoms with van der Waals surface area (Å²) < 4.78 is 16.1. The van der Waals surface area contributed by atoms with Crippen molar-refractivity contribution in [2.75, 3.05) is 32.7 Å².